The van der Waals surface area contributed by atoms with Crippen molar-refractivity contribution >= 4 is 11.7 Å². The second kappa shape index (κ2) is 6.26. The molecule has 1 aromatic heterocycles. The third-order valence-electron chi connectivity index (χ3n) is 3.97. The summed E-state index contributed by atoms with van der Waals surface area (Å²) in [6.07, 6.45) is 3.27. The van der Waals surface area contributed by atoms with Crippen molar-refractivity contribution in [2.24, 2.45) is 5.92 Å². The first-order valence-electron chi connectivity index (χ1n) is 7.18. The Morgan fingerprint density at radius 1 is 1.55 bits per heavy atom. The van der Waals surface area contributed by atoms with Crippen LogP contribution in [-0.4, -0.2) is 40.9 Å². The molecule has 0 aromatic carbocycles. The van der Waals surface area contributed by atoms with Crippen LogP contribution in [0.4, 0.5) is 10.5 Å². The topological polar surface area (TPSA) is 78.6 Å². The molecule has 2 unspecified atom stereocenters. The number of nitrogens with zero attached hydrogens (tertiary/aromatic N) is 2. The van der Waals surface area contributed by atoms with Gasteiger partial charge < -0.3 is 19.8 Å². The van der Waals surface area contributed by atoms with Gasteiger partial charge in [0.1, 0.15) is 11.4 Å². The van der Waals surface area contributed by atoms with Gasteiger partial charge in [0.2, 0.25) is 0 Å². The molecule has 0 spiro atoms. The zero-order valence-electron chi connectivity index (χ0n) is 12.3. The Morgan fingerprint density at radius 3 is 2.90 bits per heavy atom. The van der Waals surface area contributed by atoms with Crippen LogP contribution in [0.15, 0.2) is 4.52 Å². The molecule has 2 N–H and O–H groups in total. The van der Waals surface area contributed by atoms with Crippen molar-refractivity contribution in [3.05, 3.63) is 11.5 Å². The first kappa shape index (κ1) is 14.8. The number of amides is 2. The van der Waals surface area contributed by atoms with Gasteiger partial charge in [0.05, 0.1) is 6.10 Å². The zero-order chi connectivity index (χ0) is 14.7. The second-order valence-corrected chi connectivity index (χ2v) is 5.48. The highest BCUT2D eigenvalue weighted by Gasteiger charge is 2.28. The van der Waals surface area contributed by atoms with Gasteiger partial charge in [-0.25, -0.2) is 4.79 Å². The van der Waals surface area contributed by atoms with Gasteiger partial charge in [-0.1, -0.05) is 18.5 Å². The number of anilines is 1. The minimum absolute atomic E-state index is 0.181. The van der Waals surface area contributed by atoms with Crippen LogP contribution in [0.3, 0.4) is 0 Å². The van der Waals surface area contributed by atoms with Gasteiger partial charge in [-0.05, 0) is 26.2 Å². The number of aromatic nitrogens is 1. The molecule has 6 heteroatoms. The van der Waals surface area contributed by atoms with Crippen LogP contribution < -0.4 is 5.32 Å². The Hall–Kier alpha value is -1.56. The number of carbonyl (C=O) groups is 1. The predicted octanol–water partition coefficient (Wildman–Crippen LogP) is 2.17. The van der Waals surface area contributed by atoms with Crippen LogP contribution in [0, 0.1) is 12.8 Å². The molecule has 0 bridgehead atoms. The van der Waals surface area contributed by atoms with E-state index in [1.54, 1.807) is 18.9 Å². The number of aliphatic hydroxyl groups excluding tert-OH is 1. The van der Waals surface area contributed by atoms with E-state index in [9.17, 15) is 9.90 Å². The molecule has 1 fully saturated rings. The fourth-order valence-corrected chi connectivity index (χ4v) is 2.69. The van der Waals surface area contributed by atoms with Gasteiger partial charge >= 0.3 is 6.03 Å². The van der Waals surface area contributed by atoms with E-state index in [0.29, 0.717) is 24.4 Å². The molecule has 0 saturated heterocycles. The summed E-state index contributed by atoms with van der Waals surface area (Å²) in [5, 5.41) is 16.6. The van der Waals surface area contributed by atoms with Gasteiger partial charge in [-0.2, -0.15) is 0 Å². The molecule has 2 amide bonds. The molecule has 0 radical (unpaired) electrons. The molecule has 1 heterocycles. The maximum atomic E-state index is 12.2. The van der Waals surface area contributed by atoms with E-state index in [1.807, 2.05) is 6.92 Å². The average molecular weight is 281 g/mol. The molecule has 1 saturated carbocycles. The molecule has 6 nitrogen and oxygen atoms in total. The van der Waals surface area contributed by atoms with Crippen molar-refractivity contribution in [1.29, 1.82) is 0 Å². The summed E-state index contributed by atoms with van der Waals surface area (Å²) in [6.45, 7) is 4.31. The SMILES string of the molecule is CCc1noc(C)c1NC(=O)N(C)CC1CCCC1O. The van der Waals surface area contributed by atoms with Crippen LogP contribution in [0.25, 0.3) is 0 Å². The number of aliphatic hydroxyl groups is 1. The lowest BCUT2D eigenvalue weighted by Gasteiger charge is -2.23. The van der Waals surface area contributed by atoms with Gasteiger partial charge in [-0.15, -0.1) is 0 Å². The first-order chi connectivity index (χ1) is 9.52. The highest BCUT2D eigenvalue weighted by Crippen LogP contribution is 2.26. The Kier molecular flexibility index (Phi) is 4.65. The highest BCUT2D eigenvalue weighted by molar-refractivity contribution is 5.90. The van der Waals surface area contributed by atoms with Crippen LogP contribution in [0.5, 0.6) is 0 Å². The van der Waals surface area contributed by atoms with E-state index in [0.717, 1.165) is 25.0 Å². The predicted molar refractivity (Wildman–Crippen MR) is 75.6 cm³/mol. The number of hydrogen-bond acceptors (Lipinski definition) is 4. The number of hydrogen-bond donors (Lipinski definition) is 2. The summed E-state index contributed by atoms with van der Waals surface area (Å²) in [5.41, 5.74) is 1.42. The van der Waals surface area contributed by atoms with Crippen molar-refractivity contribution in [1.82, 2.24) is 10.1 Å². The third kappa shape index (κ3) is 3.12. The average Bonchev–Trinajstić information content (AvgIpc) is 2.97. The van der Waals surface area contributed by atoms with Crippen LogP contribution in [0.1, 0.15) is 37.6 Å². The summed E-state index contributed by atoms with van der Waals surface area (Å²) in [4.78, 5) is 13.8. The summed E-state index contributed by atoms with van der Waals surface area (Å²) < 4.78 is 5.09. The summed E-state index contributed by atoms with van der Waals surface area (Å²) in [5.74, 6) is 0.796. The van der Waals surface area contributed by atoms with Crippen molar-refractivity contribution in [2.45, 2.75) is 45.6 Å². The van der Waals surface area contributed by atoms with Gasteiger partial charge in [0, 0.05) is 19.5 Å². The number of carbonyl (C=O) groups excluding carboxylic acids is 1. The van der Waals surface area contributed by atoms with Gasteiger partial charge in [0.15, 0.2) is 5.76 Å². The van der Waals surface area contributed by atoms with E-state index >= 15 is 0 Å². The van der Waals surface area contributed by atoms with Crippen molar-refractivity contribution in [2.75, 3.05) is 18.9 Å². The molecule has 2 rings (SSSR count). The molecule has 112 valence electrons. The minimum Gasteiger partial charge on any atom is -0.393 e. The van der Waals surface area contributed by atoms with Crippen LogP contribution in [-0.2, 0) is 6.42 Å². The Morgan fingerprint density at radius 2 is 2.30 bits per heavy atom. The molecule has 1 aromatic rings. The van der Waals surface area contributed by atoms with E-state index < -0.39 is 0 Å². The van der Waals surface area contributed by atoms with Crippen molar-refractivity contribution in [3.63, 3.8) is 0 Å². The number of urea groups is 1. The Labute approximate surface area is 119 Å². The monoisotopic (exact) mass is 281 g/mol. The highest BCUT2D eigenvalue weighted by atomic mass is 16.5. The largest absolute Gasteiger partial charge is 0.393 e. The Bertz CT molecular complexity index is 472. The lowest BCUT2D eigenvalue weighted by molar-refractivity contribution is 0.116. The normalized spacial score (nSPS) is 22.0. The standard InChI is InChI=1S/C14H23N3O3/c1-4-11-13(9(2)20-16-11)15-14(19)17(3)8-10-6-5-7-12(10)18/h10,12,18H,4-8H2,1-3H3,(H,15,19). The van der Waals surface area contributed by atoms with E-state index in [4.69, 9.17) is 4.52 Å². The fraction of sp³-hybridized carbons (Fsp3) is 0.714. The smallest absolute Gasteiger partial charge is 0.321 e. The van der Waals surface area contributed by atoms with E-state index in [2.05, 4.69) is 10.5 Å². The van der Waals surface area contributed by atoms with Gasteiger partial charge in [0.25, 0.3) is 0 Å². The van der Waals surface area contributed by atoms with E-state index in [-0.39, 0.29) is 18.1 Å². The molecule has 2 atom stereocenters. The molecular weight excluding hydrogens is 258 g/mol. The molecule has 20 heavy (non-hydrogen) atoms. The van der Waals surface area contributed by atoms with Crippen molar-refractivity contribution in [3.8, 4) is 0 Å². The number of nitrogens with one attached hydrogen (secondary N) is 1. The summed E-state index contributed by atoms with van der Waals surface area (Å²) >= 11 is 0. The minimum atomic E-state index is -0.284. The Balaban J connectivity index is 1.95. The quantitative estimate of drug-likeness (QED) is 0.886. The van der Waals surface area contributed by atoms with E-state index in [1.165, 1.54) is 0 Å². The number of aryl methyl sites for hydroxylation is 2. The number of rotatable bonds is 4. The fourth-order valence-electron chi connectivity index (χ4n) is 2.69. The molecule has 1 aliphatic carbocycles. The molecule has 1 aliphatic rings. The van der Waals surface area contributed by atoms with Gasteiger partial charge in [-0.3, -0.25) is 0 Å². The lowest BCUT2D eigenvalue weighted by Crippen LogP contribution is -2.37. The van der Waals surface area contributed by atoms with Crippen LogP contribution >= 0.6 is 0 Å². The summed E-state index contributed by atoms with van der Waals surface area (Å²) in [7, 11) is 1.74. The second-order valence-electron chi connectivity index (χ2n) is 5.48. The lowest BCUT2D eigenvalue weighted by atomic mass is 10.1. The molecule has 0 aliphatic heterocycles. The summed E-state index contributed by atoms with van der Waals surface area (Å²) in [6, 6.07) is -0.190. The zero-order valence-corrected chi connectivity index (χ0v) is 12.3. The maximum Gasteiger partial charge on any atom is 0.321 e. The molecular formula is C14H23N3O3. The first-order valence-corrected chi connectivity index (χ1v) is 7.18. The van der Waals surface area contributed by atoms with Crippen LogP contribution in [0.2, 0.25) is 0 Å². The maximum absolute atomic E-state index is 12.2. The third-order valence-corrected chi connectivity index (χ3v) is 3.97. The van der Waals surface area contributed by atoms with Crippen molar-refractivity contribution < 1.29 is 14.4 Å².